The number of piperazine rings is 1. The summed E-state index contributed by atoms with van der Waals surface area (Å²) in [7, 11) is -3.21. The Hall–Kier alpha value is -1.17. The van der Waals surface area contributed by atoms with Crippen LogP contribution in [0.5, 0.6) is 0 Å². The first-order valence-corrected chi connectivity index (χ1v) is 8.11. The van der Waals surface area contributed by atoms with Gasteiger partial charge in [-0.05, 0) is 24.1 Å². The van der Waals surface area contributed by atoms with Gasteiger partial charge in [0.2, 0.25) is 9.84 Å². The summed E-state index contributed by atoms with van der Waals surface area (Å²) >= 11 is 0. The van der Waals surface area contributed by atoms with E-state index in [1.54, 1.807) is 6.07 Å². The Labute approximate surface area is 114 Å². The van der Waals surface area contributed by atoms with Crippen molar-refractivity contribution in [2.24, 2.45) is 0 Å². The molecule has 5 heteroatoms. The number of nitrogens with one attached hydrogen (secondary N) is 1. The Kier molecular flexibility index (Phi) is 3.20. The van der Waals surface area contributed by atoms with Gasteiger partial charge in [0.05, 0.1) is 4.90 Å². The van der Waals surface area contributed by atoms with Crippen LogP contribution in [0.1, 0.15) is 18.1 Å². The lowest BCUT2D eigenvalue weighted by atomic mass is 10.0. The molecule has 1 fully saturated rings. The first-order chi connectivity index (χ1) is 9.08. The fraction of sp³-hybridized carbons (Fsp3) is 0.429. The quantitative estimate of drug-likeness (QED) is 0.884. The van der Waals surface area contributed by atoms with Crippen LogP contribution in [0.2, 0.25) is 0 Å². The average molecular weight is 278 g/mol. The molecule has 2 aliphatic heterocycles. The van der Waals surface area contributed by atoms with Gasteiger partial charge in [-0.2, -0.15) is 0 Å². The fourth-order valence-corrected chi connectivity index (χ4v) is 4.41. The van der Waals surface area contributed by atoms with E-state index in [2.05, 4.69) is 10.2 Å². The van der Waals surface area contributed by atoms with Crippen molar-refractivity contribution >= 4 is 15.4 Å². The second kappa shape index (κ2) is 4.74. The molecule has 1 saturated heterocycles. The molecule has 0 bridgehead atoms. The SMILES string of the molecule is CC1=CS(=O)(=O)c2cccc(CN3CCNCC3)c21. The van der Waals surface area contributed by atoms with Gasteiger partial charge in [-0.3, -0.25) is 4.90 Å². The lowest BCUT2D eigenvalue weighted by Gasteiger charge is -2.28. The Morgan fingerprint density at radius 2 is 2.00 bits per heavy atom. The van der Waals surface area contributed by atoms with Crippen molar-refractivity contribution in [3.63, 3.8) is 0 Å². The average Bonchev–Trinajstić information content (AvgIpc) is 2.62. The molecular weight excluding hydrogens is 260 g/mol. The number of hydrogen-bond donors (Lipinski definition) is 1. The minimum atomic E-state index is -3.21. The minimum Gasteiger partial charge on any atom is -0.314 e. The van der Waals surface area contributed by atoms with Gasteiger partial charge in [0.25, 0.3) is 0 Å². The molecule has 1 aromatic rings. The van der Waals surface area contributed by atoms with Gasteiger partial charge in [-0.1, -0.05) is 12.1 Å². The van der Waals surface area contributed by atoms with Crippen molar-refractivity contribution in [2.75, 3.05) is 26.2 Å². The lowest BCUT2D eigenvalue weighted by molar-refractivity contribution is 0.233. The molecule has 1 N–H and O–H groups in total. The van der Waals surface area contributed by atoms with Gasteiger partial charge < -0.3 is 5.32 Å². The van der Waals surface area contributed by atoms with Crippen LogP contribution in [-0.2, 0) is 16.4 Å². The van der Waals surface area contributed by atoms with E-state index < -0.39 is 9.84 Å². The molecular formula is C14H18N2O2S. The number of benzene rings is 1. The monoisotopic (exact) mass is 278 g/mol. The van der Waals surface area contributed by atoms with E-state index in [1.165, 1.54) is 5.41 Å². The van der Waals surface area contributed by atoms with Gasteiger partial charge in [-0.15, -0.1) is 0 Å². The zero-order valence-corrected chi connectivity index (χ0v) is 11.8. The van der Waals surface area contributed by atoms with Crippen LogP contribution in [0, 0.1) is 0 Å². The molecule has 19 heavy (non-hydrogen) atoms. The van der Waals surface area contributed by atoms with E-state index in [-0.39, 0.29) is 0 Å². The van der Waals surface area contributed by atoms with Crippen molar-refractivity contribution in [3.8, 4) is 0 Å². The maximum absolute atomic E-state index is 12.0. The molecule has 1 aromatic carbocycles. The second-order valence-corrected chi connectivity index (χ2v) is 6.93. The number of nitrogens with zero attached hydrogens (tertiary/aromatic N) is 1. The lowest BCUT2D eigenvalue weighted by Crippen LogP contribution is -2.43. The summed E-state index contributed by atoms with van der Waals surface area (Å²) in [5.41, 5.74) is 2.90. The highest BCUT2D eigenvalue weighted by Crippen LogP contribution is 2.35. The largest absolute Gasteiger partial charge is 0.314 e. The van der Waals surface area contributed by atoms with Crippen molar-refractivity contribution in [1.29, 1.82) is 0 Å². The zero-order chi connectivity index (χ0) is 13.5. The molecule has 0 aromatic heterocycles. The summed E-state index contributed by atoms with van der Waals surface area (Å²) < 4.78 is 24.0. The highest BCUT2D eigenvalue weighted by molar-refractivity contribution is 7.95. The van der Waals surface area contributed by atoms with Crippen LogP contribution < -0.4 is 5.32 Å². The van der Waals surface area contributed by atoms with Gasteiger partial charge in [0, 0.05) is 43.7 Å². The van der Waals surface area contributed by atoms with Gasteiger partial charge >= 0.3 is 0 Å². The van der Waals surface area contributed by atoms with E-state index in [0.717, 1.165) is 49.4 Å². The predicted molar refractivity (Wildman–Crippen MR) is 75.4 cm³/mol. The maximum atomic E-state index is 12.0. The summed E-state index contributed by atoms with van der Waals surface area (Å²) in [5, 5.41) is 4.71. The van der Waals surface area contributed by atoms with Crippen LogP contribution in [-0.4, -0.2) is 39.5 Å². The molecule has 0 spiro atoms. The van der Waals surface area contributed by atoms with Gasteiger partial charge in [0.1, 0.15) is 0 Å². The molecule has 0 saturated carbocycles. The Morgan fingerprint density at radius 3 is 2.74 bits per heavy atom. The third kappa shape index (κ3) is 2.33. The maximum Gasteiger partial charge on any atom is 0.200 e. The number of allylic oxidation sites excluding steroid dienone is 1. The topological polar surface area (TPSA) is 49.4 Å². The standard InChI is InChI=1S/C14H18N2O2S/c1-11-10-19(17,18)13-4-2-3-12(14(11)13)9-16-7-5-15-6-8-16/h2-4,10,15H,5-9H2,1H3. The smallest absolute Gasteiger partial charge is 0.200 e. The molecule has 0 unspecified atom stereocenters. The Balaban J connectivity index is 1.96. The summed E-state index contributed by atoms with van der Waals surface area (Å²) in [6.07, 6.45) is 0. The minimum absolute atomic E-state index is 0.470. The van der Waals surface area contributed by atoms with E-state index in [4.69, 9.17) is 0 Å². The van der Waals surface area contributed by atoms with E-state index in [0.29, 0.717) is 4.90 Å². The van der Waals surface area contributed by atoms with E-state index in [1.807, 2.05) is 19.1 Å². The van der Waals surface area contributed by atoms with Crippen LogP contribution in [0.25, 0.3) is 5.57 Å². The second-order valence-electron chi connectivity index (χ2n) is 5.16. The third-order valence-corrected chi connectivity index (χ3v) is 5.37. The molecule has 2 aliphatic rings. The van der Waals surface area contributed by atoms with Crippen molar-refractivity contribution in [2.45, 2.75) is 18.4 Å². The molecule has 3 rings (SSSR count). The highest BCUT2D eigenvalue weighted by atomic mass is 32.2. The molecule has 0 amide bonds. The molecule has 4 nitrogen and oxygen atoms in total. The van der Waals surface area contributed by atoms with Crippen LogP contribution in [0.3, 0.4) is 0 Å². The highest BCUT2D eigenvalue weighted by Gasteiger charge is 2.27. The van der Waals surface area contributed by atoms with Crippen molar-refractivity contribution in [3.05, 3.63) is 34.7 Å². The number of sulfone groups is 1. The van der Waals surface area contributed by atoms with Crippen molar-refractivity contribution in [1.82, 2.24) is 10.2 Å². The molecule has 102 valence electrons. The molecule has 0 atom stereocenters. The van der Waals surface area contributed by atoms with E-state index >= 15 is 0 Å². The zero-order valence-electron chi connectivity index (χ0n) is 11.0. The number of fused-ring (bicyclic) bond motifs is 1. The fourth-order valence-electron chi connectivity index (χ4n) is 2.86. The summed E-state index contributed by atoms with van der Waals surface area (Å²) in [5.74, 6) is 0. The van der Waals surface area contributed by atoms with Gasteiger partial charge in [-0.25, -0.2) is 8.42 Å². The Bertz CT molecular complexity index is 629. The number of hydrogen-bond acceptors (Lipinski definition) is 4. The molecule has 0 radical (unpaired) electrons. The van der Waals surface area contributed by atoms with E-state index in [9.17, 15) is 8.42 Å². The van der Waals surface area contributed by atoms with Crippen LogP contribution >= 0.6 is 0 Å². The van der Waals surface area contributed by atoms with Crippen LogP contribution in [0.15, 0.2) is 28.5 Å². The first kappa shape index (κ1) is 12.8. The Morgan fingerprint density at radius 1 is 1.26 bits per heavy atom. The summed E-state index contributed by atoms with van der Waals surface area (Å²) in [6.45, 7) is 6.73. The molecule has 0 aliphatic carbocycles. The van der Waals surface area contributed by atoms with Crippen LogP contribution in [0.4, 0.5) is 0 Å². The van der Waals surface area contributed by atoms with Crippen molar-refractivity contribution < 1.29 is 8.42 Å². The summed E-state index contributed by atoms with van der Waals surface area (Å²) in [4.78, 5) is 2.84. The predicted octanol–water partition coefficient (Wildman–Crippen LogP) is 1.24. The molecule has 2 heterocycles. The normalized spacial score (nSPS) is 22.1. The summed E-state index contributed by atoms with van der Waals surface area (Å²) in [6, 6.07) is 5.60. The third-order valence-electron chi connectivity index (χ3n) is 3.75. The number of rotatable bonds is 2. The first-order valence-electron chi connectivity index (χ1n) is 6.57. The van der Waals surface area contributed by atoms with Gasteiger partial charge in [0.15, 0.2) is 0 Å².